The van der Waals surface area contributed by atoms with E-state index in [0.29, 0.717) is 11.5 Å². The van der Waals surface area contributed by atoms with Crippen molar-refractivity contribution in [2.24, 2.45) is 5.92 Å². The molecule has 2 unspecified atom stereocenters. The fourth-order valence-corrected chi connectivity index (χ4v) is 5.15. The Morgan fingerprint density at radius 3 is 2.95 bits per heavy atom. The van der Waals surface area contributed by atoms with Crippen molar-refractivity contribution >= 4 is 25.8 Å². The van der Waals surface area contributed by atoms with Crippen LogP contribution in [-0.2, 0) is 16.3 Å². The molecule has 1 fully saturated rings. The maximum atomic E-state index is 11.4. The normalized spacial score (nSPS) is 27.2. The maximum absolute atomic E-state index is 11.4. The molecule has 1 N–H and O–H groups in total. The summed E-state index contributed by atoms with van der Waals surface area (Å²) in [4.78, 5) is 0. The summed E-state index contributed by atoms with van der Waals surface area (Å²) in [6.45, 7) is 1.53. The molecular weight excluding hydrogens is 342 g/mol. The molecular formula is C14H18BrNO3S. The Balaban J connectivity index is 1.45. The zero-order chi connectivity index (χ0) is 14.2. The number of sulfone groups is 1. The van der Waals surface area contributed by atoms with E-state index >= 15 is 0 Å². The molecule has 2 aliphatic heterocycles. The van der Waals surface area contributed by atoms with Gasteiger partial charge in [-0.2, -0.15) is 0 Å². The average Bonchev–Trinajstić information content (AvgIpc) is 2.92. The molecule has 2 aliphatic rings. The van der Waals surface area contributed by atoms with Crippen molar-refractivity contribution in [2.45, 2.75) is 18.9 Å². The van der Waals surface area contributed by atoms with E-state index in [2.05, 4.69) is 27.3 Å². The summed E-state index contributed by atoms with van der Waals surface area (Å²) in [5.74, 6) is 1.90. The zero-order valence-corrected chi connectivity index (χ0v) is 13.5. The smallest absolute Gasteiger partial charge is 0.150 e. The highest BCUT2D eigenvalue weighted by Gasteiger charge is 2.28. The molecule has 4 nitrogen and oxygen atoms in total. The lowest BCUT2D eigenvalue weighted by Crippen LogP contribution is -2.33. The van der Waals surface area contributed by atoms with Crippen molar-refractivity contribution in [1.82, 2.24) is 5.32 Å². The lowest BCUT2D eigenvalue weighted by atomic mass is 10.1. The Morgan fingerprint density at radius 1 is 1.35 bits per heavy atom. The van der Waals surface area contributed by atoms with Gasteiger partial charge in [-0.3, -0.25) is 0 Å². The molecule has 0 aromatic heterocycles. The van der Waals surface area contributed by atoms with Gasteiger partial charge in [0.15, 0.2) is 9.84 Å². The molecule has 20 heavy (non-hydrogen) atoms. The minimum Gasteiger partial charge on any atom is -0.488 e. The Bertz CT molecular complexity index is 602. The van der Waals surface area contributed by atoms with E-state index in [1.165, 1.54) is 5.56 Å². The number of benzene rings is 1. The third-order valence-electron chi connectivity index (χ3n) is 3.90. The largest absolute Gasteiger partial charge is 0.488 e. The molecule has 1 aromatic rings. The molecule has 0 bridgehead atoms. The fourth-order valence-electron chi connectivity index (χ4n) is 2.88. The number of halogens is 1. The Hall–Kier alpha value is -0.590. The number of nitrogens with one attached hydrogen (secondary N) is 1. The molecule has 0 radical (unpaired) electrons. The first-order valence-electron chi connectivity index (χ1n) is 6.88. The highest BCUT2D eigenvalue weighted by molar-refractivity contribution is 9.10. The van der Waals surface area contributed by atoms with Gasteiger partial charge in [0.25, 0.3) is 0 Å². The second-order valence-corrected chi connectivity index (χ2v) is 8.77. The van der Waals surface area contributed by atoms with Crippen molar-refractivity contribution in [3.63, 3.8) is 0 Å². The predicted octanol–water partition coefficient (Wildman–Crippen LogP) is 1.78. The van der Waals surface area contributed by atoms with Gasteiger partial charge in [-0.05, 0) is 42.6 Å². The number of rotatable bonds is 4. The Kier molecular flexibility index (Phi) is 4.06. The molecule has 0 spiro atoms. The quantitative estimate of drug-likeness (QED) is 0.890. The first-order valence-corrected chi connectivity index (χ1v) is 9.49. The molecule has 2 atom stereocenters. The van der Waals surface area contributed by atoms with Crippen molar-refractivity contribution < 1.29 is 13.2 Å². The van der Waals surface area contributed by atoms with Crippen LogP contribution in [0.4, 0.5) is 0 Å². The van der Waals surface area contributed by atoms with Crippen LogP contribution in [0.15, 0.2) is 22.7 Å². The molecule has 0 amide bonds. The molecule has 1 aromatic carbocycles. The second-order valence-electron chi connectivity index (χ2n) is 5.62. The van der Waals surface area contributed by atoms with Crippen LogP contribution in [0, 0.1) is 5.92 Å². The van der Waals surface area contributed by atoms with Gasteiger partial charge >= 0.3 is 0 Å². The number of hydrogen-bond acceptors (Lipinski definition) is 4. The van der Waals surface area contributed by atoms with Gasteiger partial charge in [0.2, 0.25) is 0 Å². The van der Waals surface area contributed by atoms with Crippen LogP contribution < -0.4 is 10.1 Å². The third kappa shape index (κ3) is 3.35. The predicted molar refractivity (Wildman–Crippen MR) is 81.9 cm³/mol. The van der Waals surface area contributed by atoms with E-state index in [-0.39, 0.29) is 12.0 Å². The van der Waals surface area contributed by atoms with Crippen LogP contribution in [0.2, 0.25) is 0 Å². The summed E-state index contributed by atoms with van der Waals surface area (Å²) < 4.78 is 29.7. The van der Waals surface area contributed by atoms with Crippen molar-refractivity contribution in [2.75, 3.05) is 24.6 Å². The van der Waals surface area contributed by atoms with Crippen LogP contribution in [0.1, 0.15) is 12.0 Å². The Labute approximate surface area is 127 Å². The summed E-state index contributed by atoms with van der Waals surface area (Å²) in [7, 11) is -2.77. The molecule has 6 heteroatoms. The average molecular weight is 360 g/mol. The van der Waals surface area contributed by atoms with Crippen LogP contribution >= 0.6 is 15.9 Å². The Morgan fingerprint density at radius 2 is 2.20 bits per heavy atom. The summed E-state index contributed by atoms with van der Waals surface area (Å²) >= 11 is 3.46. The monoisotopic (exact) mass is 359 g/mol. The first kappa shape index (κ1) is 14.4. The van der Waals surface area contributed by atoms with E-state index in [1.54, 1.807) is 0 Å². The van der Waals surface area contributed by atoms with Gasteiger partial charge in [0.05, 0.1) is 11.5 Å². The minimum atomic E-state index is -2.77. The fraction of sp³-hybridized carbons (Fsp3) is 0.571. The lowest BCUT2D eigenvalue weighted by molar-refractivity contribution is 0.225. The number of hydrogen-bond donors (Lipinski definition) is 1. The minimum absolute atomic E-state index is 0.150. The maximum Gasteiger partial charge on any atom is 0.150 e. The summed E-state index contributed by atoms with van der Waals surface area (Å²) in [6.07, 6.45) is 1.84. The van der Waals surface area contributed by atoms with Gasteiger partial charge in [-0.1, -0.05) is 15.9 Å². The topological polar surface area (TPSA) is 55.4 Å². The van der Waals surface area contributed by atoms with E-state index in [9.17, 15) is 8.42 Å². The molecule has 0 saturated carbocycles. The highest BCUT2D eigenvalue weighted by Crippen LogP contribution is 2.31. The SMILES string of the molecule is O=S1(=O)CCC(CNCC2Cc3cc(Br)ccc3O2)C1. The summed E-state index contributed by atoms with van der Waals surface area (Å²) in [6, 6.07) is 6.07. The van der Waals surface area contributed by atoms with E-state index in [0.717, 1.165) is 36.2 Å². The summed E-state index contributed by atoms with van der Waals surface area (Å²) in [5.41, 5.74) is 1.23. The van der Waals surface area contributed by atoms with Gasteiger partial charge < -0.3 is 10.1 Å². The zero-order valence-electron chi connectivity index (χ0n) is 11.1. The van der Waals surface area contributed by atoms with Gasteiger partial charge in [-0.25, -0.2) is 8.42 Å². The molecule has 3 rings (SSSR count). The lowest BCUT2D eigenvalue weighted by Gasteiger charge is -2.14. The number of fused-ring (bicyclic) bond motifs is 1. The third-order valence-corrected chi connectivity index (χ3v) is 6.23. The van der Waals surface area contributed by atoms with Gasteiger partial charge in [0.1, 0.15) is 11.9 Å². The van der Waals surface area contributed by atoms with Crippen LogP contribution in [0.3, 0.4) is 0 Å². The van der Waals surface area contributed by atoms with E-state index in [4.69, 9.17) is 4.74 Å². The van der Waals surface area contributed by atoms with Crippen LogP contribution in [-0.4, -0.2) is 39.1 Å². The molecule has 110 valence electrons. The first-order chi connectivity index (χ1) is 9.52. The van der Waals surface area contributed by atoms with Gasteiger partial charge in [0, 0.05) is 17.4 Å². The van der Waals surface area contributed by atoms with E-state index < -0.39 is 9.84 Å². The molecule has 1 saturated heterocycles. The van der Waals surface area contributed by atoms with Crippen molar-refractivity contribution in [3.05, 3.63) is 28.2 Å². The molecule has 2 heterocycles. The highest BCUT2D eigenvalue weighted by atomic mass is 79.9. The molecule has 0 aliphatic carbocycles. The standard InChI is InChI=1S/C14H18BrNO3S/c15-12-1-2-14-11(5-12)6-13(19-14)8-16-7-10-3-4-20(17,18)9-10/h1-2,5,10,13,16H,3-4,6-9H2. The van der Waals surface area contributed by atoms with Gasteiger partial charge in [-0.15, -0.1) is 0 Å². The van der Waals surface area contributed by atoms with Crippen LogP contribution in [0.25, 0.3) is 0 Å². The summed E-state index contributed by atoms with van der Waals surface area (Å²) in [5, 5.41) is 3.36. The van der Waals surface area contributed by atoms with Crippen molar-refractivity contribution in [1.29, 1.82) is 0 Å². The van der Waals surface area contributed by atoms with Crippen LogP contribution in [0.5, 0.6) is 5.75 Å². The second kappa shape index (κ2) is 5.66. The number of ether oxygens (including phenoxy) is 1. The van der Waals surface area contributed by atoms with E-state index in [1.807, 2.05) is 12.1 Å². The van der Waals surface area contributed by atoms with Crippen molar-refractivity contribution in [3.8, 4) is 5.75 Å².